The average Bonchev–Trinajstić information content (AvgIpc) is 2.60. The summed E-state index contributed by atoms with van der Waals surface area (Å²) in [5, 5.41) is 24.5. The van der Waals surface area contributed by atoms with Gasteiger partial charge in [0.25, 0.3) is 0 Å². The van der Waals surface area contributed by atoms with Crippen LogP contribution in [0.15, 0.2) is 40.9 Å². The third-order valence-electron chi connectivity index (χ3n) is 4.36. The van der Waals surface area contributed by atoms with Gasteiger partial charge in [0.2, 0.25) is 11.8 Å². The second-order valence-electron chi connectivity index (χ2n) is 6.58. The molecule has 26 heavy (non-hydrogen) atoms. The van der Waals surface area contributed by atoms with Crippen LogP contribution in [0.3, 0.4) is 0 Å². The molecule has 2 rings (SSSR count). The first-order valence-electron chi connectivity index (χ1n) is 8.13. The van der Waals surface area contributed by atoms with Crippen molar-refractivity contribution < 1.29 is 9.59 Å². The Hall–Kier alpha value is -2.77. The molecule has 7 heteroatoms. The number of hydrogen-bond donors (Lipinski definition) is 2. The standard InChI is InChI=1S/C19H20N4O2S/c1-12(13-7-5-4-6-8-13)22-16(24)11-26-18-15(10-21)19(2,3)14(9-20)17(25)23-18/h4-8,12,14H,11H2,1-3H3,(H,22,24)(H,23,25)/t12-,14+/m1/s1. The lowest BCUT2D eigenvalue weighted by molar-refractivity contribution is -0.125. The van der Waals surface area contributed by atoms with Gasteiger partial charge in [-0.2, -0.15) is 10.5 Å². The van der Waals surface area contributed by atoms with Crippen LogP contribution in [-0.2, 0) is 9.59 Å². The van der Waals surface area contributed by atoms with E-state index in [0.717, 1.165) is 17.3 Å². The molecule has 0 aliphatic carbocycles. The lowest BCUT2D eigenvalue weighted by Gasteiger charge is -2.34. The molecule has 0 unspecified atom stereocenters. The van der Waals surface area contributed by atoms with Gasteiger partial charge in [-0.3, -0.25) is 9.59 Å². The van der Waals surface area contributed by atoms with Gasteiger partial charge in [-0.05, 0) is 12.5 Å². The molecule has 1 aliphatic heterocycles. The van der Waals surface area contributed by atoms with E-state index in [1.807, 2.05) is 43.3 Å². The highest BCUT2D eigenvalue weighted by Gasteiger charge is 2.44. The number of nitrogens with zero attached hydrogens (tertiary/aromatic N) is 2. The molecule has 2 atom stereocenters. The number of thioether (sulfide) groups is 1. The highest BCUT2D eigenvalue weighted by atomic mass is 32.2. The molecular formula is C19H20N4O2S. The quantitative estimate of drug-likeness (QED) is 0.831. The number of allylic oxidation sites excluding steroid dienone is 1. The first-order valence-corrected chi connectivity index (χ1v) is 9.12. The maximum absolute atomic E-state index is 12.2. The largest absolute Gasteiger partial charge is 0.349 e. The normalized spacial score (nSPS) is 19.7. The molecule has 1 aromatic carbocycles. The maximum Gasteiger partial charge on any atom is 0.243 e. The molecule has 6 nitrogen and oxygen atoms in total. The molecule has 0 saturated carbocycles. The van der Waals surface area contributed by atoms with E-state index in [9.17, 15) is 20.1 Å². The molecule has 0 fully saturated rings. The van der Waals surface area contributed by atoms with E-state index in [1.165, 1.54) is 0 Å². The minimum Gasteiger partial charge on any atom is -0.349 e. The fourth-order valence-corrected chi connectivity index (χ4v) is 3.76. The molecule has 0 aromatic heterocycles. The summed E-state index contributed by atoms with van der Waals surface area (Å²) in [5.41, 5.74) is 0.409. The SMILES string of the molecule is C[C@@H](NC(=O)CSC1=C(C#N)C(C)(C)[C@@H](C#N)C(=O)N1)c1ccccc1. The Morgan fingerprint density at radius 1 is 1.35 bits per heavy atom. The van der Waals surface area contributed by atoms with Crippen molar-refractivity contribution in [2.75, 3.05) is 5.75 Å². The summed E-state index contributed by atoms with van der Waals surface area (Å²) in [6.45, 7) is 5.27. The first kappa shape index (κ1) is 19.6. The van der Waals surface area contributed by atoms with Crippen LogP contribution in [0, 0.1) is 34.0 Å². The van der Waals surface area contributed by atoms with Gasteiger partial charge in [0.1, 0.15) is 5.92 Å². The van der Waals surface area contributed by atoms with Crippen molar-refractivity contribution in [1.82, 2.24) is 10.6 Å². The van der Waals surface area contributed by atoms with Gasteiger partial charge in [0.05, 0.1) is 34.5 Å². The van der Waals surface area contributed by atoms with Gasteiger partial charge in [-0.1, -0.05) is 55.9 Å². The van der Waals surface area contributed by atoms with Crippen molar-refractivity contribution in [2.24, 2.45) is 11.3 Å². The number of nitrogens with one attached hydrogen (secondary N) is 2. The Morgan fingerprint density at radius 3 is 2.58 bits per heavy atom. The fraction of sp³-hybridized carbons (Fsp3) is 0.368. The summed E-state index contributed by atoms with van der Waals surface area (Å²) in [7, 11) is 0. The Bertz CT molecular complexity index is 818. The highest BCUT2D eigenvalue weighted by Crippen LogP contribution is 2.41. The number of amides is 2. The summed E-state index contributed by atoms with van der Waals surface area (Å²) in [4.78, 5) is 24.4. The zero-order chi connectivity index (χ0) is 19.3. The van der Waals surface area contributed by atoms with Gasteiger partial charge in [0, 0.05) is 5.41 Å². The smallest absolute Gasteiger partial charge is 0.243 e. The molecule has 0 spiro atoms. The van der Waals surface area contributed by atoms with E-state index in [-0.39, 0.29) is 17.7 Å². The summed E-state index contributed by atoms with van der Waals surface area (Å²) in [6.07, 6.45) is 0. The first-order chi connectivity index (χ1) is 12.3. The number of benzene rings is 1. The molecule has 0 saturated heterocycles. The van der Waals surface area contributed by atoms with Crippen LogP contribution in [0.1, 0.15) is 32.4 Å². The van der Waals surface area contributed by atoms with Crippen molar-refractivity contribution in [2.45, 2.75) is 26.8 Å². The highest BCUT2D eigenvalue weighted by molar-refractivity contribution is 8.03. The van der Waals surface area contributed by atoms with Crippen molar-refractivity contribution in [3.8, 4) is 12.1 Å². The van der Waals surface area contributed by atoms with Crippen molar-refractivity contribution in [3.05, 3.63) is 46.5 Å². The van der Waals surface area contributed by atoms with Gasteiger partial charge in [0.15, 0.2) is 0 Å². The minimum absolute atomic E-state index is 0.0608. The summed E-state index contributed by atoms with van der Waals surface area (Å²) < 4.78 is 0. The lowest BCUT2D eigenvalue weighted by Crippen LogP contribution is -2.44. The summed E-state index contributed by atoms with van der Waals surface area (Å²) in [5.74, 6) is -1.53. The number of nitriles is 2. The minimum atomic E-state index is -0.937. The molecule has 1 heterocycles. The van der Waals surface area contributed by atoms with E-state index in [2.05, 4.69) is 16.7 Å². The molecular weight excluding hydrogens is 348 g/mol. The second kappa shape index (κ2) is 8.07. The van der Waals surface area contributed by atoms with Gasteiger partial charge < -0.3 is 10.6 Å². The third kappa shape index (κ3) is 4.07. The molecule has 0 radical (unpaired) electrons. The van der Waals surface area contributed by atoms with E-state index >= 15 is 0 Å². The van der Waals surface area contributed by atoms with Crippen LogP contribution >= 0.6 is 11.8 Å². The number of carbonyl (C=O) groups excluding carboxylic acids is 2. The van der Waals surface area contributed by atoms with Crippen molar-refractivity contribution in [1.29, 1.82) is 10.5 Å². The van der Waals surface area contributed by atoms with E-state index in [4.69, 9.17) is 0 Å². The van der Waals surface area contributed by atoms with Crippen molar-refractivity contribution >= 4 is 23.6 Å². The summed E-state index contributed by atoms with van der Waals surface area (Å²) >= 11 is 1.10. The number of carbonyl (C=O) groups is 2. The Balaban J connectivity index is 2.07. The van der Waals surface area contributed by atoms with E-state index in [0.29, 0.717) is 10.6 Å². The molecule has 1 aromatic rings. The predicted molar refractivity (Wildman–Crippen MR) is 99.1 cm³/mol. The van der Waals surface area contributed by atoms with Gasteiger partial charge in [-0.15, -0.1) is 0 Å². The van der Waals surface area contributed by atoms with Crippen LogP contribution < -0.4 is 10.6 Å². The topological polar surface area (TPSA) is 106 Å². The molecule has 0 bridgehead atoms. The molecule has 1 aliphatic rings. The Kier molecular flexibility index (Phi) is 6.07. The van der Waals surface area contributed by atoms with Crippen LogP contribution in [0.4, 0.5) is 0 Å². The average molecular weight is 368 g/mol. The Morgan fingerprint density at radius 2 is 2.00 bits per heavy atom. The van der Waals surface area contributed by atoms with Crippen molar-refractivity contribution in [3.63, 3.8) is 0 Å². The van der Waals surface area contributed by atoms with Crippen LogP contribution in [0.2, 0.25) is 0 Å². The van der Waals surface area contributed by atoms with Crippen LogP contribution in [0.25, 0.3) is 0 Å². The molecule has 2 N–H and O–H groups in total. The predicted octanol–water partition coefficient (Wildman–Crippen LogP) is 2.63. The number of rotatable bonds is 5. The number of hydrogen-bond acceptors (Lipinski definition) is 5. The summed E-state index contributed by atoms with van der Waals surface area (Å²) in [6, 6.07) is 13.5. The van der Waals surface area contributed by atoms with Crippen LogP contribution in [-0.4, -0.2) is 17.6 Å². The Labute approximate surface area is 157 Å². The molecule has 134 valence electrons. The van der Waals surface area contributed by atoms with E-state index in [1.54, 1.807) is 13.8 Å². The maximum atomic E-state index is 12.2. The van der Waals surface area contributed by atoms with Gasteiger partial charge in [-0.25, -0.2) is 0 Å². The lowest BCUT2D eigenvalue weighted by atomic mass is 9.72. The second-order valence-corrected chi connectivity index (χ2v) is 7.56. The van der Waals surface area contributed by atoms with Crippen LogP contribution in [0.5, 0.6) is 0 Å². The third-order valence-corrected chi connectivity index (χ3v) is 5.36. The fourth-order valence-electron chi connectivity index (χ4n) is 2.78. The zero-order valence-corrected chi connectivity index (χ0v) is 15.7. The monoisotopic (exact) mass is 368 g/mol. The molecule has 2 amide bonds. The zero-order valence-electron chi connectivity index (χ0n) is 14.9. The van der Waals surface area contributed by atoms with E-state index < -0.39 is 17.2 Å². The van der Waals surface area contributed by atoms with Gasteiger partial charge >= 0.3 is 0 Å².